The van der Waals surface area contributed by atoms with Gasteiger partial charge in [0.25, 0.3) is 0 Å². The molecule has 0 unspecified atom stereocenters. The predicted molar refractivity (Wildman–Crippen MR) is 70.4 cm³/mol. The molecule has 1 fully saturated rings. The van der Waals surface area contributed by atoms with Gasteiger partial charge in [0, 0.05) is 6.92 Å². The lowest BCUT2D eigenvalue weighted by Gasteiger charge is -2.49. The van der Waals surface area contributed by atoms with Crippen LogP contribution in [-0.4, -0.2) is 32.7 Å². The summed E-state index contributed by atoms with van der Waals surface area (Å²) < 4.78 is 11.2. The molecule has 0 aliphatic carbocycles. The van der Waals surface area contributed by atoms with E-state index in [0.717, 1.165) is 0 Å². The molecule has 1 aliphatic rings. The molecule has 0 bridgehead atoms. The number of ether oxygens (including phenoxy) is 1. The third-order valence-electron chi connectivity index (χ3n) is 3.42. The van der Waals surface area contributed by atoms with E-state index in [2.05, 4.69) is 18.4 Å². The van der Waals surface area contributed by atoms with E-state index in [9.17, 15) is 9.59 Å². The number of hydrogen-bond acceptors (Lipinski definition) is 4. The van der Waals surface area contributed by atoms with Crippen molar-refractivity contribution in [1.82, 2.24) is 5.32 Å². The third-order valence-corrected chi connectivity index (χ3v) is 4.40. The highest BCUT2D eigenvalue weighted by Gasteiger charge is 2.55. The van der Waals surface area contributed by atoms with Crippen LogP contribution in [0.25, 0.3) is 0 Å². The van der Waals surface area contributed by atoms with Crippen LogP contribution in [0.3, 0.4) is 0 Å². The van der Waals surface area contributed by atoms with Crippen molar-refractivity contribution in [2.75, 3.05) is 0 Å². The molecule has 1 saturated heterocycles. The van der Waals surface area contributed by atoms with Crippen molar-refractivity contribution < 1.29 is 18.8 Å². The fourth-order valence-electron chi connectivity index (χ4n) is 2.27. The van der Waals surface area contributed by atoms with Gasteiger partial charge in [0.15, 0.2) is 15.3 Å². The van der Waals surface area contributed by atoms with Gasteiger partial charge in [0.05, 0.1) is 5.60 Å². The lowest BCUT2D eigenvalue weighted by molar-refractivity contribution is -0.185. The Bertz CT molecular complexity index is 345. The Balaban J connectivity index is 2.90. The maximum absolute atomic E-state index is 11.8. The third kappa shape index (κ3) is 2.92. The van der Waals surface area contributed by atoms with Crippen molar-refractivity contribution in [3.8, 4) is 0 Å². The minimum absolute atomic E-state index is 0.105. The summed E-state index contributed by atoms with van der Waals surface area (Å²) in [5.41, 5.74) is -0.581. The van der Waals surface area contributed by atoms with Gasteiger partial charge in [-0.15, -0.1) is 0 Å². The maximum Gasteiger partial charge on any atom is 0.304 e. The fourth-order valence-corrected chi connectivity index (χ4v) is 3.70. The number of esters is 1. The molecular weight excluding hydrogens is 250 g/mol. The first kappa shape index (κ1) is 15.2. The molecule has 0 saturated carbocycles. The minimum atomic E-state index is -1.30. The highest BCUT2D eigenvalue weighted by molar-refractivity contribution is 6.48. The summed E-state index contributed by atoms with van der Waals surface area (Å²) in [4.78, 5) is 22.8. The molecule has 0 radical (unpaired) electrons. The molecule has 1 rings (SSSR count). The van der Waals surface area contributed by atoms with E-state index < -0.39 is 32.8 Å². The molecule has 1 amide bonds. The average Bonchev–Trinajstić information content (AvgIpc) is 2.13. The van der Waals surface area contributed by atoms with Crippen LogP contribution in [0.2, 0.25) is 13.1 Å². The van der Waals surface area contributed by atoms with Crippen molar-refractivity contribution in [2.45, 2.75) is 52.6 Å². The van der Waals surface area contributed by atoms with Gasteiger partial charge in [0.1, 0.15) is 5.92 Å². The molecule has 0 spiro atoms. The van der Waals surface area contributed by atoms with E-state index in [0.29, 0.717) is 0 Å². The number of rotatable bonds is 5. The van der Waals surface area contributed by atoms with E-state index in [-0.39, 0.29) is 11.8 Å². The van der Waals surface area contributed by atoms with E-state index in [1.807, 2.05) is 20.8 Å². The summed E-state index contributed by atoms with van der Waals surface area (Å²) in [5.74, 6) is -0.747. The number of hydrogen-bond donors (Lipinski definition) is 1. The second-order valence-electron chi connectivity index (χ2n) is 5.52. The van der Waals surface area contributed by atoms with Crippen molar-refractivity contribution >= 4 is 20.9 Å². The molecule has 1 aliphatic heterocycles. The molecule has 6 heteroatoms. The zero-order valence-electron chi connectivity index (χ0n) is 11.9. The average molecular weight is 273 g/mol. The van der Waals surface area contributed by atoms with Crippen molar-refractivity contribution in [1.29, 1.82) is 0 Å². The van der Waals surface area contributed by atoms with Gasteiger partial charge in [0.2, 0.25) is 5.91 Å². The summed E-state index contributed by atoms with van der Waals surface area (Å²) in [5, 5.41) is 2.61. The first-order valence-corrected chi connectivity index (χ1v) is 9.12. The molecule has 1 N–H and O–H groups in total. The molecular formula is C12H23NO4Si. The van der Waals surface area contributed by atoms with Crippen LogP contribution in [-0.2, 0) is 18.8 Å². The largest absolute Gasteiger partial charge is 0.441 e. The van der Waals surface area contributed by atoms with Gasteiger partial charge in [-0.05, 0) is 25.9 Å². The van der Waals surface area contributed by atoms with Gasteiger partial charge in [-0.1, -0.05) is 13.8 Å². The number of nitrogens with one attached hydrogen (secondary N) is 1. The van der Waals surface area contributed by atoms with Crippen LogP contribution in [0.5, 0.6) is 0 Å². The normalized spacial score (nSPS) is 26.6. The maximum atomic E-state index is 11.8. The van der Waals surface area contributed by atoms with E-state index in [4.69, 9.17) is 9.16 Å². The van der Waals surface area contributed by atoms with Crippen LogP contribution in [0.4, 0.5) is 0 Å². The number of β-lactam (4-membered cyclic amide) rings is 1. The lowest BCUT2D eigenvalue weighted by atomic mass is 9.75. The van der Waals surface area contributed by atoms with Gasteiger partial charge >= 0.3 is 5.97 Å². The smallest absolute Gasteiger partial charge is 0.304 e. The molecule has 18 heavy (non-hydrogen) atoms. The molecule has 5 nitrogen and oxygen atoms in total. The molecule has 3 atom stereocenters. The van der Waals surface area contributed by atoms with Crippen LogP contribution in [0.15, 0.2) is 0 Å². The quantitative estimate of drug-likeness (QED) is 0.462. The minimum Gasteiger partial charge on any atom is -0.441 e. The molecule has 1 heterocycles. The first-order chi connectivity index (χ1) is 8.18. The standard InChI is InChI=1S/C12H23NO4Si/c1-7(2)12(4,17-18(5)6)9-10(15)13-11(9)16-8(3)14/h7,9,11,18H,1-6H3,(H,13,15)/t9-,11+,12+/m0/s1. The number of carbonyl (C=O) groups is 2. The molecule has 0 aromatic heterocycles. The van der Waals surface area contributed by atoms with Gasteiger partial charge in [-0.2, -0.15) is 0 Å². The number of carbonyl (C=O) groups excluding carboxylic acids is 2. The lowest BCUT2D eigenvalue weighted by Crippen LogP contribution is -2.69. The summed E-state index contributed by atoms with van der Waals surface area (Å²) in [6.07, 6.45) is -0.560. The summed E-state index contributed by atoms with van der Waals surface area (Å²) in [6.45, 7) is 11.5. The Morgan fingerprint density at radius 1 is 1.44 bits per heavy atom. The van der Waals surface area contributed by atoms with Crippen LogP contribution in [0, 0.1) is 11.8 Å². The summed E-state index contributed by atoms with van der Waals surface area (Å²) >= 11 is 0. The summed E-state index contributed by atoms with van der Waals surface area (Å²) in [6, 6.07) is 0. The first-order valence-electron chi connectivity index (χ1n) is 6.34. The second kappa shape index (κ2) is 5.40. The second-order valence-corrected chi connectivity index (χ2v) is 7.85. The monoisotopic (exact) mass is 273 g/mol. The van der Waals surface area contributed by atoms with Gasteiger partial charge in [-0.25, -0.2) is 0 Å². The van der Waals surface area contributed by atoms with E-state index in [1.54, 1.807) is 0 Å². The van der Waals surface area contributed by atoms with Crippen LogP contribution >= 0.6 is 0 Å². The van der Waals surface area contributed by atoms with Crippen molar-refractivity contribution in [3.63, 3.8) is 0 Å². The molecule has 0 aromatic rings. The SMILES string of the molecule is CC(=O)O[C@H]1NC(=O)[C@@H]1[C@](C)(O[SiH](C)C)C(C)C. The topological polar surface area (TPSA) is 64.6 Å². The van der Waals surface area contributed by atoms with Crippen molar-refractivity contribution in [3.05, 3.63) is 0 Å². The Morgan fingerprint density at radius 3 is 2.33 bits per heavy atom. The zero-order valence-corrected chi connectivity index (χ0v) is 13.1. The zero-order chi connectivity index (χ0) is 14.1. The molecule has 104 valence electrons. The summed E-state index contributed by atoms with van der Waals surface area (Å²) in [7, 11) is -1.30. The highest BCUT2D eigenvalue weighted by Crippen LogP contribution is 2.37. The van der Waals surface area contributed by atoms with Gasteiger partial charge < -0.3 is 14.5 Å². The Morgan fingerprint density at radius 2 is 2.00 bits per heavy atom. The van der Waals surface area contributed by atoms with E-state index in [1.165, 1.54) is 6.92 Å². The Labute approximate surface area is 110 Å². The Hall–Kier alpha value is -0.883. The Kier molecular flexibility index (Phi) is 4.55. The van der Waals surface area contributed by atoms with Gasteiger partial charge in [-0.3, -0.25) is 9.59 Å². The van der Waals surface area contributed by atoms with Crippen LogP contribution < -0.4 is 5.32 Å². The fraction of sp³-hybridized carbons (Fsp3) is 0.833. The highest BCUT2D eigenvalue weighted by atomic mass is 28.3. The van der Waals surface area contributed by atoms with Crippen LogP contribution in [0.1, 0.15) is 27.7 Å². The number of amides is 1. The van der Waals surface area contributed by atoms with Crippen molar-refractivity contribution in [2.24, 2.45) is 11.8 Å². The molecule has 0 aromatic carbocycles. The van der Waals surface area contributed by atoms with E-state index >= 15 is 0 Å². The predicted octanol–water partition coefficient (Wildman–Crippen LogP) is 1.04.